The molecule has 12 heteroatoms. The van der Waals surface area contributed by atoms with E-state index in [1.54, 1.807) is 19.1 Å². The number of carbonyl (C=O) groups is 2. The van der Waals surface area contributed by atoms with E-state index in [0.717, 1.165) is 23.3 Å². The maximum Gasteiger partial charge on any atom is 0.417 e. The molecule has 0 saturated heterocycles. The van der Waals surface area contributed by atoms with Crippen LogP contribution in [0.25, 0.3) is 0 Å². The van der Waals surface area contributed by atoms with Crippen LogP contribution in [-0.4, -0.2) is 50.8 Å². The molecule has 3 rings (SSSR count). The molecule has 0 bridgehead atoms. The van der Waals surface area contributed by atoms with Gasteiger partial charge in [-0.05, 0) is 62.1 Å². The van der Waals surface area contributed by atoms with Crippen molar-refractivity contribution in [2.75, 3.05) is 23.9 Å². The Labute approximate surface area is 255 Å². The highest BCUT2D eigenvalue weighted by molar-refractivity contribution is 7.92. The summed E-state index contributed by atoms with van der Waals surface area (Å²) in [6.45, 7) is 6.68. The number of rotatable bonds is 12. The zero-order chi connectivity index (χ0) is 31.9. The second-order valence-electron chi connectivity index (χ2n) is 10.6. The summed E-state index contributed by atoms with van der Waals surface area (Å²) in [6, 6.07) is 16.6. The topological polar surface area (TPSA) is 86.8 Å². The van der Waals surface area contributed by atoms with Crippen LogP contribution in [0.1, 0.15) is 37.5 Å². The molecule has 0 spiro atoms. The van der Waals surface area contributed by atoms with Crippen molar-refractivity contribution in [2.24, 2.45) is 5.92 Å². The molecule has 0 radical (unpaired) electrons. The number of nitrogens with one attached hydrogen (secondary N) is 1. The van der Waals surface area contributed by atoms with Gasteiger partial charge in [-0.2, -0.15) is 13.2 Å². The molecule has 1 atom stereocenters. The first-order valence-electron chi connectivity index (χ1n) is 13.7. The van der Waals surface area contributed by atoms with Gasteiger partial charge in [0, 0.05) is 13.1 Å². The molecule has 7 nitrogen and oxygen atoms in total. The van der Waals surface area contributed by atoms with Crippen LogP contribution in [0.2, 0.25) is 5.02 Å². The first kappa shape index (κ1) is 33.9. The summed E-state index contributed by atoms with van der Waals surface area (Å²) in [5.74, 6) is -1.05. The van der Waals surface area contributed by atoms with Gasteiger partial charge in [0.15, 0.2) is 0 Å². The number of hydrogen-bond acceptors (Lipinski definition) is 4. The fourth-order valence-corrected chi connectivity index (χ4v) is 5.91. The van der Waals surface area contributed by atoms with Crippen molar-refractivity contribution in [3.8, 4) is 0 Å². The summed E-state index contributed by atoms with van der Waals surface area (Å²) in [6.07, 6.45) is -4.51. The Morgan fingerprint density at radius 1 is 0.953 bits per heavy atom. The smallest absolute Gasteiger partial charge is 0.354 e. The van der Waals surface area contributed by atoms with Gasteiger partial charge in [0.2, 0.25) is 11.8 Å². The van der Waals surface area contributed by atoms with Crippen LogP contribution in [0.15, 0.2) is 77.7 Å². The Morgan fingerprint density at radius 3 is 2.16 bits per heavy atom. The molecule has 43 heavy (non-hydrogen) atoms. The third-order valence-electron chi connectivity index (χ3n) is 6.77. The SMILES string of the molecule is Cc1ccc(S(=O)(=O)N(CC(=O)N(CCc2ccccc2)C(C)C(=O)NCC(C)C)c2ccc(Cl)c(C(F)(F)F)c2)cc1. The maximum atomic E-state index is 13.9. The average molecular weight is 638 g/mol. The van der Waals surface area contributed by atoms with Gasteiger partial charge >= 0.3 is 6.18 Å². The molecule has 0 heterocycles. The predicted octanol–water partition coefficient (Wildman–Crippen LogP) is 6.09. The second-order valence-corrected chi connectivity index (χ2v) is 12.9. The number of sulfonamides is 1. The quantitative estimate of drug-likeness (QED) is 0.260. The van der Waals surface area contributed by atoms with Gasteiger partial charge in [-0.25, -0.2) is 8.42 Å². The van der Waals surface area contributed by atoms with Crippen LogP contribution in [0.3, 0.4) is 0 Å². The number of carbonyl (C=O) groups excluding carboxylic acids is 2. The molecule has 0 aliphatic carbocycles. The Morgan fingerprint density at radius 2 is 1.58 bits per heavy atom. The molecule has 3 aromatic carbocycles. The fourth-order valence-electron chi connectivity index (χ4n) is 4.27. The average Bonchev–Trinajstić information content (AvgIpc) is 2.95. The zero-order valence-corrected chi connectivity index (χ0v) is 25.9. The highest BCUT2D eigenvalue weighted by Gasteiger charge is 2.37. The van der Waals surface area contributed by atoms with Crippen molar-refractivity contribution in [1.82, 2.24) is 10.2 Å². The van der Waals surface area contributed by atoms with E-state index < -0.39 is 56.9 Å². The first-order valence-corrected chi connectivity index (χ1v) is 15.5. The van der Waals surface area contributed by atoms with E-state index in [1.807, 2.05) is 44.2 Å². The number of nitrogens with zero attached hydrogens (tertiary/aromatic N) is 2. The van der Waals surface area contributed by atoms with E-state index in [1.165, 1.54) is 24.0 Å². The normalized spacial score (nSPS) is 12.6. The van der Waals surface area contributed by atoms with E-state index in [4.69, 9.17) is 11.6 Å². The van der Waals surface area contributed by atoms with Crippen LogP contribution >= 0.6 is 11.6 Å². The van der Waals surface area contributed by atoms with E-state index in [2.05, 4.69) is 5.32 Å². The summed E-state index contributed by atoms with van der Waals surface area (Å²) in [7, 11) is -4.53. The highest BCUT2D eigenvalue weighted by atomic mass is 35.5. The molecular weight excluding hydrogens is 603 g/mol. The summed E-state index contributed by atoms with van der Waals surface area (Å²) in [5, 5.41) is 2.17. The van der Waals surface area contributed by atoms with Crippen molar-refractivity contribution >= 4 is 39.1 Å². The lowest BCUT2D eigenvalue weighted by molar-refractivity contribution is -0.138. The fraction of sp³-hybridized carbons (Fsp3) is 0.355. The number of alkyl halides is 3. The van der Waals surface area contributed by atoms with Gasteiger partial charge in [-0.3, -0.25) is 13.9 Å². The number of halogens is 4. The van der Waals surface area contributed by atoms with E-state index in [-0.39, 0.29) is 17.4 Å². The minimum absolute atomic E-state index is 0.0615. The van der Waals surface area contributed by atoms with Gasteiger partial charge in [0.05, 0.1) is 21.2 Å². The lowest BCUT2D eigenvalue weighted by Gasteiger charge is -2.32. The Bertz CT molecular complexity index is 1520. The van der Waals surface area contributed by atoms with Crippen LogP contribution in [0.4, 0.5) is 18.9 Å². The summed E-state index contributed by atoms with van der Waals surface area (Å²) in [5.41, 5.74) is 0.00338. The summed E-state index contributed by atoms with van der Waals surface area (Å²) >= 11 is 5.81. The lowest BCUT2D eigenvalue weighted by Crippen LogP contribution is -2.52. The molecule has 0 aliphatic heterocycles. The number of benzene rings is 3. The molecule has 2 amide bonds. The van der Waals surface area contributed by atoms with Gasteiger partial charge in [-0.1, -0.05) is 73.5 Å². The number of aryl methyl sites for hydroxylation is 1. The van der Waals surface area contributed by atoms with Crippen LogP contribution in [0.5, 0.6) is 0 Å². The third kappa shape index (κ3) is 8.96. The molecule has 0 aliphatic rings. The van der Waals surface area contributed by atoms with E-state index in [9.17, 15) is 31.2 Å². The summed E-state index contributed by atoms with van der Waals surface area (Å²) in [4.78, 5) is 28.0. The van der Waals surface area contributed by atoms with Gasteiger partial charge in [0.25, 0.3) is 10.0 Å². The van der Waals surface area contributed by atoms with Crippen LogP contribution < -0.4 is 9.62 Å². The van der Waals surface area contributed by atoms with Crippen molar-refractivity contribution < 1.29 is 31.2 Å². The van der Waals surface area contributed by atoms with E-state index >= 15 is 0 Å². The molecule has 1 N–H and O–H groups in total. The monoisotopic (exact) mass is 637 g/mol. The van der Waals surface area contributed by atoms with Crippen molar-refractivity contribution in [1.29, 1.82) is 0 Å². The predicted molar refractivity (Wildman–Crippen MR) is 161 cm³/mol. The van der Waals surface area contributed by atoms with Crippen molar-refractivity contribution in [2.45, 2.75) is 51.2 Å². The maximum absolute atomic E-state index is 13.9. The van der Waals surface area contributed by atoms with Gasteiger partial charge in [-0.15, -0.1) is 0 Å². The third-order valence-corrected chi connectivity index (χ3v) is 8.88. The molecule has 0 aromatic heterocycles. The molecule has 3 aromatic rings. The molecule has 232 valence electrons. The molecule has 1 unspecified atom stereocenters. The number of hydrogen-bond donors (Lipinski definition) is 1. The number of amides is 2. The Balaban J connectivity index is 2.06. The second kappa shape index (κ2) is 14.3. The Hall–Kier alpha value is -3.57. The van der Waals surface area contributed by atoms with Gasteiger partial charge in [0.1, 0.15) is 12.6 Å². The van der Waals surface area contributed by atoms with Crippen molar-refractivity contribution in [3.63, 3.8) is 0 Å². The van der Waals surface area contributed by atoms with Crippen LogP contribution in [-0.2, 0) is 32.2 Å². The molecule has 0 saturated carbocycles. The van der Waals surface area contributed by atoms with Crippen molar-refractivity contribution in [3.05, 3.63) is 94.5 Å². The van der Waals surface area contributed by atoms with Crippen LogP contribution in [0, 0.1) is 12.8 Å². The van der Waals surface area contributed by atoms with E-state index in [0.29, 0.717) is 23.3 Å². The minimum atomic E-state index is -4.87. The lowest BCUT2D eigenvalue weighted by atomic mass is 10.1. The largest absolute Gasteiger partial charge is 0.417 e. The zero-order valence-electron chi connectivity index (χ0n) is 24.4. The molecular formula is C31H35ClF3N3O4S. The first-order chi connectivity index (χ1) is 20.1. The Kier molecular flexibility index (Phi) is 11.3. The number of anilines is 1. The highest BCUT2D eigenvalue weighted by Crippen LogP contribution is 2.38. The standard InChI is InChI=1S/C31H35ClF3N3O4S/c1-21(2)19-36-30(40)23(4)37(17-16-24-8-6-5-7-9-24)29(39)20-38(43(41,42)26-13-10-22(3)11-14-26)25-12-15-28(32)27(18-25)31(33,34)35/h5-15,18,21,23H,16-17,19-20H2,1-4H3,(H,36,40). The minimum Gasteiger partial charge on any atom is -0.354 e. The van der Waals surface area contributed by atoms with Gasteiger partial charge < -0.3 is 10.2 Å². The summed E-state index contributed by atoms with van der Waals surface area (Å²) < 4.78 is 69.6. The molecule has 0 fully saturated rings.